The summed E-state index contributed by atoms with van der Waals surface area (Å²) in [5, 5.41) is 9.09. The van der Waals surface area contributed by atoms with Crippen LogP contribution < -0.4 is 0 Å². The Morgan fingerprint density at radius 2 is 2.21 bits per heavy atom. The number of hydrogen-bond acceptors (Lipinski definition) is 3. The van der Waals surface area contributed by atoms with E-state index >= 15 is 0 Å². The van der Waals surface area contributed by atoms with Crippen molar-refractivity contribution in [2.24, 2.45) is 13.0 Å². The Labute approximate surface area is 113 Å². The lowest BCUT2D eigenvalue weighted by atomic mass is 9.90. The molecule has 0 spiro atoms. The summed E-state index contributed by atoms with van der Waals surface area (Å²) in [5.41, 5.74) is 1.88. The maximum Gasteiger partial charge on any atom is 0.306 e. The Bertz CT molecular complexity index is 486. The lowest BCUT2D eigenvalue weighted by molar-refractivity contribution is -0.142. The van der Waals surface area contributed by atoms with E-state index in [0.29, 0.717) is 19.4 Å². The highest BCUT2D eigenvalue weighted by Crippen LogP contribution is 2.26. The number of aromatic nitrogens is 2. The van der Waals surface area contributed by atoms with Crippen LogP contribution in [0.5, 0.6) is 0 Å². The van der Waals surface area contributed by atoms with Crippen LogP contribution >= 0.6 is 0 Å². The van der Waals surface area contributed by atoms with Crippen molar-refractivity contribution >= 4 is 5.97 Å². The van der Waals surface area contributed by atoms with E-state index in [0.717, 1.165) is 23.6 Å². The molecule has 0 fully saturated rings. The Morgan fingerprint density at radius 3 is 2.79 bits per heavy atom. The highest BCUT2D eigenvalue weighted by Gasteiger charge is 2.28. The number of rotatable bonds is 3. The highest BCUT2D eigenvalue weighted by molar-refractivity contribution is 5.70. The summed E-state index contributed by atoms with van der Waals surface area (Å²) in [6, 6.07) is 0. The van der Waals surface area contributed by atoms with Crippen LogP contribution in [0.2, 0.25) is 0 Å². The first-order valence-corrected chi connectivity index (χ1v) is 6.68. The van der Waals surface area contributed by atoms with Crippen LogP contribution in [0.25, 0.3) is 0 Å². The van der Waals surface area contributed by atoms with Crippen LogP contribution in [0.4, 0.5) is 0 Å². The predicted octanol–water partition coefficient (Wildman–Crippen LogP) is 1.92. The fraction of sp³-hybridized carbons (Fsp3) is 0.714. The Hall–Kier alpha value is -1.36. The summed E-state index contributed by atoms with van der Waals surface area (Å²) in [7, 11) is 1.98. The molecule has 5 heteroatoms. The summed E-state index contributed by atoms with van der Waals surface area (Å²) in [4.78, 5) is 15.6. The van der Waals surface area contributed by atoms with E-state index < -0.39 is 5.97 Å². The maximum absolute atomic E-state index is 11.1. The number of aliphatic carboxylic acids is 1. The van der Waals surface area contributed by atoms with E-state index in [4.69, 9.17) is 9.84 Å². The third kappa shape index (κ3) is 3.15. The fourth-order valence-corrected chi connectivity index (χ4v) is 2.39. The summed E-state index contributed by atoms with van der Waals surface area (Å²) < 4.78 is 7.80. The fourth-order valence-electron chi connectivity index (χ4n) is 2.39. The van der Waals surface area contributed by atoms with Gasteiger partial charge in [0.05, 0.1) is 17.2 Å². The second-order valence-corrected chi connectivity index (χ2v) is 6.16. The van der Waals surface area contributed by atoms with Gasteiger partial charge < -0.3 is 14.4 Å². The van der Waals surface area contributed by atoms with E-state index in [9.17, 15) is 4.79 Å². The van der Waals surface area contributed by atoms with Gasteiger partial charge in [-0.25, -0.2) is 4.98 Å². The van der Waals surface area contributed by atoms with E-state index in [1.54, 1.807) is 0 Å². The summed E-state index contributed by atoms with van der Waals surface area (Å²) in [6.07, 6.45) is 2.01. The maximum atomic E-state index is 11.1. The van der Waals surface area contributed by atoms with Gasteiger partial charge >= 0.3 is 5.97 Å². The first-order chi connectivity index (χ1) is 8.78. The Balaban J connectivity index is 2.15. The quantitative estimate of drug-likeness (QED) is 0.908. The molecule has 0 amide bonds. The first-order valence-electron chi connectivity index (χ1n) is 6.68. The SMILES string of the molecule is Cn1c(COC(C)(C)C)nc2c1CCC(C(=O)O)C2. The van der Waals surface area contributed by atoms with Crippen molar-refractivity contribution < 1.29 is 14.6 Å². The molecule has 0 aliphatic heterocycles. The van der Waals surface area contributed by atoms with Crippen molar-refractivity contribution in [1.82, 2.24) is 9.55 Å². The summed E-state index contributed by atoms with van der Waals surface area (Å²) in [5.74, 6) is -0.131. The average molecular weight is 266 g/mol. The predicted molar refractivity (Wildman–Crippen MR) is 70.9 cm³/mol. The normalized spacial score (nSPS) is 19.3. The zero-order chi connectivity index (χ0) is 14.2. The van der Waals surface area contributed by atoms with Gasteiger partial charge in [-0.2, -0.15) is 0 Å². The van der Waals surface area contributed by atoms with E-state index in [2.05, 4.69) is 9.55 Å². The van der Waals surface area contributed by atoms with Gasteiger partial charge in [0.1, 0.15) is 12.4 Å². The van der Waals surface area contributed by atoms with Gasteiger partial charge in [-0.1, -0.05) is 0 Å². The largest absolute Gasteiger partial charge is 0.481 e. The number of carboxylic acid groups (broad SMARTS) is 1. The van der Waals surface area contributed by atoms with E-state index in [-0.39, 0.29) is 11.5 Å². The summed E-state index contributed by atoms with van der Waals surface area (Å²) in [6.45, 7) is 6.49. The molecule has 1 N–H and O–H groups in total. The van der Waals surface area contributed by atoms with Crippen LogP contribution in [0.15, 0.2) is 0 Å². The number of hydrogen-bond donors (Lipinski definition) is 1. The van der Waals surface area contributed by atoms with E-state index in [1.807, 2.05) is 27.8 Å². The topological polar surface area (TPSA) is 64.4 Å². The van der Waals surface area contributed by atoms with Crippen LogP contribution in [0.3, 0.4) is 0 Å². The van der Waals surface area contributed by atoms with Crippen LogP contribution in [0, 0.1) is 5.92 Å². The molecule has 0 aromatic carbocycles. The second kappa shape index (κ2) is 4.96. The third-order valence-corrected chi connectivity index (χ3v) is 3.54. The third-order valence-electron chi connectivity index (χ3n) is 3.54. The zero-order valence-electron chi connectivity index (χ0n) is 12.1. The van der Waals surface area contributed by atoms with Crippen LogP contribution in [-0.2, 0) is 36.0 Å². The molecule has 1 aliphatic rings. The molecule has 106 valence electrons. The molecule has 1 atom stereocenters. The molecule has 0 bridgehead atoms. The van der Waals surface area contributed by atoms with Gasteiger partial charge in [0, 0.05) is 19.2 Å². The Kier molecular flexibility index (Phi) is 3.67. The standard InChI is InChI=1S/C14H22N2O3/c1-14(2,3)19-8-12-15-10-7-9(13(17)18)5-6-11(10)16(12)4/h9H,5-8H2,1-4H3,(H,17,18). The number of carbonyl (C=O) groups is 1. The van der Waals surface area contributed by atoms with Crippen molar-refractivity contribution in [3.05, 3.63) is 17.2 Å². The van der Waals surface area contributed by atoms with Crippen molar-refractivity contribution in [3.63, 3.8) is 0 Å². The molecule has 1 aromatic heterocycles. The van der Waals surface area contributed by atoms with Crippen molar-refractivity contribution in [2.75, 3.05) is 0 Å². The molecule has 2 rings (SSSR count). The zero-order valence-corrected chi connectivity index (χ0v) is 12.1. The van der Waals surface area contributed by atoms with Gasteiger partial charge in [-0.3, -0.25) is 4.79 Å². The molecule has 0 saturated heterocycles. The first kappa shape index (κ1) is 14.1. The summed E-state index contributed by atoms with van der Waals surface area (Å²) >= 11 is 0. The van der Waals surface area contributed by atoms with E-state index in [1.165, 1.54) is 0 Å². The van der Waals surface area contributed by atoms with Crippen LogP contribution in [0.1, 0.15) is 44.4 Å². The molecule has 1 aromatic rings. The number of imidazole rings is 1. The minimum Gasteiger partial charge on any atom is -0.481 e. The highest BCUT2D eigenvalue weighted by atomic mass is 16.5. The molecule has 1 unspecified atom stereocenters. The van der Waals surface area contributed by atoms with Crippen molar-refractivity contribution in [3.8, 4) is 0 Å². The van der Waals surface area contributed by atoms with Gasteiger partial charge in [0.25, 0.3) is 0 Å². The monoisotopic (exact) mass is 266 g/mol. The smallest absolute Gasteiger partial charge is 0.306 e. The van der Waals surface area contributed by atoms with Crippen molar-refractivity contribution in [1.29, 1.82) is 0 Å². The van der Waals surface area contributed by atoms with Gasteiger partial charge in [-0.05, 0) is 33.6 Å². The minimum absolute atomic E-state index is 0.198. The molecular weight excluding hydrogens is 244 g/mol. The van der Waals surface area contributed by atoms with Gasteiger partial charge in [0.2, 0.25) is 0 Å². The lowest BCUT2D eigenvalue weighted by Gasteiger charge is -2.19. The van der Waals surface area contributed by atoms with Crippen LogP contribution in [-0.4, -0.2) is 26.2 Å². The molecule has 1 aliphatic carbocycles. The average Bonchev–Trinajstić information content (AvgIpc) is 2.62. The van der Waals surface area contributed by atoms with Crippen molar-refractivity contribution in [2.45, 2.75) is 52.2 Å². The van der Waals surface area contributed by atoms with Gasteiger partial charge in [0.15, 0.2) is 0 Å². The number of carboxylic acids is 1. The Morgan fingerprint density at radius 1 is 1.53 bits per heavy atom. The minimum atomic E-state index is -0.719. The number of ether oxygens (including phenoxy) is 1. The molecular formula is C14H22N2O3. The molecule has 19 heavy (non-hydrogen) atoms. The molecule has 0 radical (unpaired) electrons. The lowest BCUT2D eigenvalue weighted by Crippen LogP contribution is -2.23. The van der Waals surface area contributed by atoms with Gasteiger partial charge in [-0.15, -0.1) is 0 Å². The molecule has 1 heterocycles. The number of fused-ring (bicyclic) bond motifs is 1. The molecule has 5 nitrogen and oxygen atoms in total. The molecule has 0 saturated carbocycles. The second-order valence-electron chi connectivity index (χ2n) is 6.16. The number of nitrogens with zero attached hydrogens (tertiary/aromatic N) is 2.